The third-order valence-corrected chi connectivity index (χ3v) is 4.41. The van der Waals surface area contributed by atoms with Gasteiger partial charge in [-0.3, -0.25) is 0 Å². The van der Waals surface area contributed by atoms with Gasteiger partial charge >= 0.3 is 0 Å². The van der Waals surface area contributed by atoms with Crippen molar-refractivity contribution < 1.29 is 0 Å². The molecule has 0 aliphatic heterocycles. The summed E-state index contributed by atoms with van der Waals surface area (Å²) in [6, 6.07) is 2.95. The molecule has 1 saturated carbocycles. The minimum Gasteiger partial charge on any atom is -0.312 e. The molecule has 1 nitrogen and oxygen atoms in total. The van der Waals surface area contributed by atoms with Gasteiger partial charge in [-0.25, -0.2) is 0 Å². The molecule has 0 bridgehead atoms. The maximum atomic E-state index is 3.44. The molecule has 1 aliphatic rings. The van der Waals surface area contributed by atoms with Gasteiger partial charge in [-0.05, 0) is 44.9 Å². The van der Waals surface area contributed by atoms with Crippen LogP contribution in [0.3, 0.4) is 0 Å². The van der Waals surface area contributed by atoms with Crippen molar-refractivity contribution in [1.29, 1.82) is 0 Å². The fraction of sp³-hybridized carbons (Fsp3) is 0.667. The first-order chi connectivity index (χ1) is 6.70. The smallest absolute Gasteiger partial charge is 0.0415 e. The van der Waals surface area contributed by atoms with Crippen molar-refractivity contribution in [2.45, 2.75) is 39.2 Å². The lowest BCUT2D eigenvalue weighted by Crippen LogP contribution is -2.15. The summed E-state index contributed by atoms with van der Waals surface area (Å²) in [6.45, 7) is 4.42. The molecule has 78 valence electrons. The van der Waals surface area contributed by atoms with Crippen molar-refractivity contribution in [3.63, 3.8) is 0 Å². The summed E-state index contributed by atoms with van der Waals surface area (Å²) in [6.07, 6.45) is 4.22. The predicted molar refractivity (Wildman–Crippen MR) is 62.9 cm³/mol. The van der Waals surface area contributed by atoms with Gasteiger partial charge in [0.2, 0.25) is 0 Å². The number of aryl methyl sites for hydroxylation is 2. The Morgan fingerprint density at radius 1 is 1.50 bits per heavy atom. The molecule has 1 atom stereocenters. The molecule has 0 spiro atoms. The van der Waals surface area contributed by atoms with Crippen molar-refractivity contribution >= 4 is 11.3 Å². The van der Waals surface area contributed by atoms with E-state index in [0.29, 0.717) is 6.04 Å². The van der Waals surface area contributed by atoms with Crippen LogP contribution in [0.25, 0.3) is 0 Å². The molecular weight excluding hydrogens is 190 g/mol. The van der Waals surface area contributed by atoms with Crippen LogP contribution in [-0.2, 0) is 0 Å². The molecule has 0 amide bonds. The van der Waals surface area contributed by atoms with Crippen LogP contribution in [0.2, 0.25) is 0 Å². The Bertz CT molecular complexity index is 293. The van der Waals surface area contributed by atoms with E-state index >= 15 is 0 Å². The molecule has 1 heterocycles. The van der Waals surface area contributed by atoms with Crippen LogP contribution in [0.15, 0.2) is 6.07 Å². The van der Waals surface area contributed by atoms with Gasteiger partial charge in [-0.15, -0.1) is 11.3 Å². The Morgan fingerprint density at radius 3 is 2.64 bits per heavy atom. The molecule has 1 N–H and O–H groups in total. The average Bonchev–Trinajstić information content (AvgIpc) is 2.91. The fourth-order valence-electron chi connectivity index (χ4n) is 1.84. The van der Waals surface area contributed by atoms with Crippen LogP contribution < -0.4 is 5.32 Å². The summed E-state index contributed by atoms with van der Waals surface area (Å²) in [7, 11) is 2.08. The first kappa shape index (κ1) is 10.2. The van der Waals surface area contributed by atoms with E-state index in [2.05, 4.69) is 32.3 Å². The van der Waals surface area contributed by atoms with Gasteiger partial charge in [0.05, 0.1) is 0 Å². The van der Waals surface area contributed by atoms with E-state index in [1.165, 1.54) is 34.6 Å². The second-order valence-electron chi connectivity index (χ2n) is 4.41. The van der Waals surface area contributed by atoms with Crippen LogP contribution in [0.4, 0.5) is 0 Å². The normalized spacial score (nSPS) is 18.5. The highest BCUT2D eigenvalue weighted by molar-refractivity contribution is 7.12. The summed E-state index contributed by atoms with van der Waals surface area (Å²) in [5.74, 6) is 0.996. The number of thiophene rings is 1. The Kier molecular flexibility index (Phi) is 2.93. The zero-order chi connectivity index (χ0) is 10.1. The first-order valence-corrected chi connectivity index (χ1v) is 6.26. The molecule has 2 heteroatoms. The summed E-state index contributed by atoms with van der Waals surface area (Å²) in [4.78, 5) is 2.99. The fourth-order valence-corrected chi connectivity index (χ4v) is 3.00. The standard InChI is InChI=1S/C12H19NS/c1-8-6-12(14-9(8)2)11(13-3)7-10-4-5-10/h6,10-11,13H,4-5,7H2,1-3H3. The van der Waals surface area contributed by atoms with Crippen LogP contribution in [0.1, 0.15) is 40.6 Å². The highest BCUT2D eigenvalue weighted by atomic mass is 32.1. The Morgan fingerprint density at radius 2 is 2.21 bits per heavy atom. The molecular formula is C12H19NS. The molecule has 1 unspecified atom stereocenters. The van der Waals surface area contributed by atoms with Crippen LogP contribution >= 0.6 is 11.3 Å². The minimum absolute atomic E-state index is 0.597. The van der Waals surface area contributed by atoms with Crippen LogP contribution in [-0.4, -0.2) is 7.05 Å². The highest BCUT2D eigenvalue weighted by Crippen LogP contribution is 2.39. The third kappa shape index (κ3) is 2.18. The Labute approximate surface area is 90.5 Å². The van der Waals surface area contributed by atoms with E-state index in [-0.39, 0.29) is 0 Å². The summed E-state index contributed by atoms with van der Waals surface area (Å²) < 4.78 is 0. The molecule has 1 aromatic heterocycles. The lowest BCUT2D eigenvalue weighted by atomic mass is 10.1. The Balaban J connectivity index is 2.08. The van der Waals surface area contributed by atoms with Crippen LogP contribution in [0.5, 0.6) is 0 Å². The van der Waals surface area contributed by atoms with E-state index in [0.717, 1.165) is 5.92 Å². The van der Waals surface area contributed by atoms with Crippen molar-refractivity contribution in [2.24, 2.45) is 5.92 Å². The largest absolute Gasteiger partial charge is 0.312 e. The second kappa shape index (κ2) is 4.03. The van der Waals surface area contributed by atoms with Gasteiger partial charge in [0.15, 0.2) is 0 Å². The molecule has 1 aliphatic carbocycles. The van der Waals surface area contributed by atoms with Gasteiger partial charge in [0, 0.05) is 15.8 Å². The molecule has 0 radical (unpaired) electrons. The first-order valence-electron chi connectivity index (χ1n) is 5.45. The van der Waals surface area contributed by atoms with Crippen molar-refractivity contribution in [3.05, 3.63) is 21.4 Å². The Hall–Kier alpha value is -0.340. The highest BCUT2D eigenvalue weighted by Gasteiger charge is 2.26. The van der Waals surface area contributed by atoms with Gasteiger partial charge in [-0.2, -0.15) is 0 Å². The zero-order valence-corrected chi connectivity index (χ0v) is 10.1. The predicted octanol–water partition coefficient (Wildman–Crippen LogP) is 3.43. The molecule has 1 aromatic rings. The summed E-state index contributed by atoms with van der Waals surface area (Å²) >= 11 is 1.95. The van der Waals surface area contributed by atoms with Gasteiger partial charge in [-0.1, -0.05) is 12.8 Å². The SMILES string of the molecule is CNC(CC1CC1)c1cc(C)c(C)s1. The maximum absolute atomic E-state index is 3.44. The summed E-state index contributed by atoms with van der Waals surface area (Å²) in [5, 5.41) is 3.44. The minimum atomic E-state index is 0.597. The van der Waals surface area contributed by atoms with Gasteiger partial charge in [0.1, 0.15) is 0 Å². The van der Waals surface area contributed by atoms with Crippen molar-refractivity contribution in [2.75, 3.05) is 7.05 Å². The number of hydrogen-bond donors (Lipinski definition) is 1. The number of nitrogens with one attached hydrogen (secondary N) is 1. The van der Waals surface area contributed by atoms with E-state index in [4.69, 9.17) is 0 Å². The number of hydrogen-bond acceptors (Lipinski definition) is 2. The molecule has 0 aromatic carbocycles. The topological polar surface area (TPSA) is 12.0 Å². The van der Waals surface area contributed by atoms with E-state index in [1.807, 2.05) is 11.3 Å². The van der Waals surface area contributed by atoms with E-state index in [9.17, 15) is 0 Å². The van der Waals surface area contributed by atoms with Gasteiger partial charge in [0.25, 0.3) is 0 Å². The zero-order valence-electron chi connectivity index (χ0n) is 9.26. The molecule has 2 rings (SSSR count). The monoisotopic (exact) mass is 209 g/mol. The van der Waals surface area contributed by atoms with Gasteiger partial charge < -0.3 is 5.32 Å². The summed E-state index contributed by atoms with van der Waals surface area (Å²) in [5.41, 5.74) is 1.45. The van der Waals surface area contributed by atoms with E-state index in [1.54, 1.807) is 0 Å². The number of rotatable bonds is 4. The maximum Gasteiger partial charge on any atom is 0.0415 e. The molecule has 14 heavy (non-hydrogen) atoms. The van der Waals surface area contributed by atoms with Crippen molar-refractivity contribution in [1.82, 2.24) is 5.32 Å². The third-order valence-electron chi connectivity index (χ3n) is 3.14. The average molecular weight is 209 g/mol. The lowest BCUT2D eigenvalue weighted by molar-refractivity contribution is 0.522. The molecule has 0 saturated heterocycles. The van der Waals surface area contributed by atoms with Crippen molar-refractivity contribution in [3.8, 4) is 0 Å². The molecule has 1 fully saturated rings. The second-order valence-corrected chi connectivity index (χ2v) is 5.70. The van der Waals surface area contributed by atoms with E-state index < -0.39 is 0 Å². The quantitative estimate of drug-likeness (QED) is 0.801. The van der Waals surface area contributed by atoms with Crippen LogP contribution in [0, 0.1) is 19.8 Å². The lowest BCUT2D eigenvalue weighted by Gasteiger charge is -2.13.